The van der Waals surface area contributed by atoms with Gasteiger partial charge in [-0.25, -0.2) is 49.5 Å². The van der Waals surface area contributed by atoms with E-state index in [1.165, 1.54) is 6.07 Å². The second kappa shape index (κ2) is 12.0. The van der Waals surface area contributed by atoms with Gasteiger partial charge in [-0.15, -0.1) is 0 Å². The number of halogens is 9. The largest absolute Gasteiger partial charge is 0.310 e. The summed E-state index contributed by atoms with van der Waals surface area (Å²) >= 11 is 0. The summed E-state index contributed by atoms with van der Waals surface area (Å²) in [5.74, 6) is -20.0. The highest BCUT2D eigenvalue weighted by Crippen LogP contribution is 2.53. The molecule has 2 heterocycles. The molecule has 0 aliphatic carbocycles. The molecule has 12 heteroatoms. The predicted octanol–water partition coefficient (Wildman–Crippen LogP) is 11.5. The van der Waals surface area contributed by atoms with E-state index in [0.29, 0.717) is 11.8 Å². The number of hydrogen-bond donors (Lipinski definition) is 0. The molecule has 0 bridgehead atoms. The summed E-state index contributed by atoms with van der Waals surface area (Å²) in [7, 11) is 0. The molecule has 7 rings (SSSR count). The molecular weight excluding hydrogens is 681 g/mol. The lowest BCUT2D eigenvalue weighted by Gasteiger charge is -2.43. The first-order chi connectivity index (χ1) is 24.1. The maximum Gasteiger partial charge on any atom is 0.200 e. The SMILES string of the molecule is Cc1ccc2c(c1C)N(c1cccc(-c3nc(-c4cc(F)c(F)c(F)c4F)cc(-c4c(F)c(F)c(F)c(F)c4F)n3)c1)c1ccccc1C2(C)C. The van der Waals surface area contributed by atoms with Crippen LogP contribution in [0.1, 0.15) is 36.1 Å². The Labute approximate surface area is 285 Å². The van der Waals surface area contributed by atoms with Crippen LogP contribution in [0, 0.1) is 66.2 Å². The summed E-state index contributed by atoms with van der Waals surface area (Å²) in [6.45, 7) is 8.16. The van der Waals surface area contributed by atoms with Crippen molar-refractivity contribution >= 4 is 17.1 Å². The number of aromatic nitrogens is 2. The number of anilines is 3. The highest BCUT2D eigenvalue weighted by atomic mass is 19.2. The van der Waals surface area contributed by atoms with Crippen LogP contribution in [-0.4, -0.2) is 9.97 Å². The number of hydrogen-bond acceptors (Lipinski definition) is 3. The maximum atomic E-state index is 15.1. The first-order valence-corrected chi connectivity index (χ1v) is 15.5. The zero-order valence-corrected chi connectivity index (χ0v) is 27.2. The van der Waals surface area contributed by atoms with Crippen molar-refractivity contribution in [2.75, 3.05) is 4.90 Å². The van der Waals surface area contributed by atoms with Crippen LogP contribution in [0.4, 0.5) is 56.6 Å². The predicted molar refractivity (Wildman–Crippen MR) is 174 cm³/mol. The monoisotopic (exact) mass is 705 g/mol. The fourth-order valence-corrected chi connectivity index (χ4v) is 6.54. The van der Waals surface area contributed by atoms with Crippen molar-refractivity contribution in [1.82, 2.24) is 9.97 Å². The lowest BCUT2D eigenvalue weighted by Crippen LogP contribution is -2.31. The average Bonchev–Trinajstić information content (AvgIpc) is 3.12. The molecule has 3 nitrogen and oxygen atoms in total. The Morgan fingerprint density at radius 3 is 1.90 bits per heavy atom. The van der Waals surface area contributed by atoms with E-state index in [0.717, 1.165) is 33.6 Å². The van der Waals surface area contributed by atoms with Crippen molar-refractivity contribution < 1.29 is 39.5 Å². The van der Waals surface area contributed by atoms with E-state index < -0.39 is 86.1 Å². The zero-order valence-electron chi connectivity index (χ0n) is 27.2. The summed E-state index contributed by atoms with van der Waals surface area (Å²) in [4.78, 5) is 10.3. The topological polar surface area (TPSA) is 29.0 Å². The molecule has 1 aliphatic rings. The lowest BCUT2D eigenvalue weighted by molar-refractivity contribution is 0.381. The second-order valence-electron chi connectivity index (χ2n) is 12.7. The fraction of sp³-hybridized carbons (Fsp3) is 0.128. The third kappa shape index (κ3) is 5.14. The zero-order chi connectivity index (χ0) is 36.7. The molecule has 0 unspecified atom stereocenters. The summed E-state index contributed by atoms with van der Waals surface area (Å²) < 4.78 is 131. The standard InChI is InChI=1S/C39H24F9N3/c1-17-12-13-23-37(18(17)2)51(27-11-6-5-10-22(27)39(23,3)4)20-9-7-8-19(14-20)38-49-25(21-15-24(40)30(42)33(45)29(21)41)16-26(50-38)28-31(43)34(46)36(48)35(47)32(28)44/h5-16H,1-4H3. The maximum absolute atomic E-state index is 15.1. The van der Waals surface area contributed by atoms with Gasteiger partial charge in [0.25, 0.3) is 0 Å². The molecular formula is C39H24F9N3. The second-order valence-corrected chi connectivity index (χ2v) is 12.7. The van der Waals surface area contributed by atoms with Crippen molar-refractivity contribution in [2.24, 2.45) is 0 Å². The fourth-order valence-electron chi connectivity index (χ4n) is 6.54. The van der Waals surface area contributed by atoms with Crippen molar-refractivity contribution in [1.29, 1.82) is 0 Å². The molecule has 1 aromatic heterocycles. The Hall–Kier alpha value is -5.65. The molecule has 51 heavy (non-hydrogen) atoms. The van der Waals surface area contributed by atoms with Crippen LogP contribution in [0.25, 0.3) is 33.9 Å². The van der Waals surface area contributed by atoms with Gasteiger partial charge in [-0.05, 0) is 66.4 Å². The van der Waals surface area contributed by atoms with Gasteiger partial charge < -0.3 is 4.90 Å². The van der Waals surface area contributed by atoms with Crippen molar-refractivity contribution in [3.8, 4) is 33.9 Å². The number of rotatable bonds is 4. The molecule has 0 fully saturated rings. The van der Waals surface area contributed by atoms with Crippen LogP contribution < -0.4 is 4.90 Å². The molecule has 0 saturated carbocycles. The normalized spacial score (nSPS) is 13.3. The molecule has 5 aromatic carbocycles. The van der Waals surface area contributed by atoms with Crippen LogP contribution in [0.2, 0.25) is 0 Å². The van der Waals surface area contributed by atoms with E-state index in [1.807, 2.05) is 55.1 Å². The molecule has 258 valence electrons. The Morgan fingerprint density at radius 1 is 0.569 bits per heavy atom. The molecule has 0 amide bonds. The van der Waals surface area contributed by atoms with Gasteiger partial charge in [0.15, 0.2) is 52.4 Å². The van der Waals surface area contributed by atoms with E-state index in [1.54, 1.807) is 18.2 Å². The Kier molecular flexibility index (Phi) is 7.96. The Balaban J connectivity index is 1.50. The quantitative estimate of drug-likeness (QED) is 0.104. The third-order valence-electron chi connectivity index (χ3n) is 9.35. The summed E-state index contributed by atoms with van der Waals surface area (Å²) in [5, 5.41) is 0. The highest BCUT2D eigenvalue weighted by Gasteiger charge is 2.38. The number of nitrogens with zero attached hydrogens (tertiary/aromatic N) is 3. The third-order valence-corrected chi connectivity index (χ3v) is 9.35. The summed E-state index contributed by atoms with van der Waals surface area (Å²) in [5.41, 5.74) is 1.78. The van der Waals surface area contributed by atoms with Crippen molar-refractivity contribution in [2.45, 2.75) is 33.1 Å². The van der Waals surface area contributed by atoms with E-state index in [9.17, 15) is 26.3 Å². The molecule has 1 aliphatic heterocycles. The van der Waals surface area contributed by atoms with E-state index in [-0.39, 0.29) is 11.6 Å². The van der Waals surface area contributed by atoms with Crippen LogP contribution in [0.15, 0.2) is 72.8 Å². The minimum absolute atomic E-state index is 0.108. The van der Waals surface area contributed by atoms with Gasteiger partial charge in [0.1, 0.15) is 0 Å². The highest BCUT2D eigenvalue weighted by molar-refractivity contribution is 5.89. The molecule has 0 atom stereocenters. The minimum Gasteiger partial charge on any atom is -0.310 e. The molecule has 0 spiro atoms. The first-order valence-electron chi connectivity index (χ1n) is 15.5. The van der Waals surface area contributed by atoms with Crippen molar-refractivity contribution in [3.05, 3.63) is 147 Å². The van der Waals surface area contributed by atoms with Gasteiger partial charge in [-0.3, -0.25) is 0 Å². The number of aryl methyl sites for hydroxylation is 1. The van der Waals surface area contributed by atoms with Gasteiger partial charge in [-0.2, -0.15) is 0 Å². The van der Waals surface area contributed by atoms with Crippen LogP contribution in [-0.2, 0) is 5.41 Å². The van der Waals surface area contributed by atoms with Crippen molar-refractivity contribution in [3.63, 3.8) is 0 Å². The van der Waals surface area contributed by atoms with E-state index >= 15 is 13.2 Å². The molecule has 0 radical (unpaired) electrons. The average molecular weight is 706 g/mol. The first kappa shape index (κ1) is 33.8. The number of para-hydroxylation sites is 1. The molecule has 0 saturated heterocycles. The van der Waals surface area contributed by atoms with E-state index in [2.05, 4.69) is 23.8 Å². The van der Waals surface area contributed by atoms with Gasteiger partial charge in [0.2, 0.25) is 5.82 Å². The van der Waals surface area contributed by atoms with Crippen LogP contribution >= 0.6 is 0 Å². The molecule has 0 N–H and O–H groups in total. The lowest BCUT2D eigenvalue weighted by atomic mass is 9.72. The smallest absolute Gasteiger partial charge is 0.200 e. The number of fused-ring (bicyclic) bond motifs is 2. The Morgan fingerprint density at radius 2 is 1.20 bits per heavy atom. The molecule has 6 aromatic rings. The Bertz CT molecular complexity index is 2410. The van der Waals surface area contributed by atoms with Gasteiger partial charge in [-0.1, -0.05) is 56.3 Å². The van der Waals surface area contributed by atoms with Gasteiger partial charge in [0, 0.05) is 22.2 Å². The van der Waals surface area contributed by atoms with Crippen LogP contribution in [0.5, 0.6) is 0 Å². The summed E-state index contributed by atoms with van der Waals surface area (Å²) in [6.07, 6.45) is 0. The van der Waals surface area contributed by atoms with Crippen LogP contribution in [0.3, 0.4) is 0 Å². The summed E-state index contributed by atoms with van der Waals surface area (Å²) in [6, 6.07) is 19.1. The van der Waals surface area contributed by atoms with Gasteiger partial charge >= 0.3 is 0 Å². The number of benzene rings is 5. The minimum atomic E-state index is -2.43. The van der Waals surface area contributed by atoms with Gasteiger partial charge in [0.05, 0.1) is 28.3 Å². The van der Waals surface area contributed by atoms with E-state index in [4.69, 9.17) is 0 Å².